The second kappa shape index (κ2) is 4.94. The number of fused-ring (bicyclic) bond motifs is 1. The van der Waals surface area contributed by atoms with Gasteiger partial charge in [0.1, 0.15) is 5.15 Å². The average Bonchev–Trinajstić information content (AvgIpc) is 2.77. The van der Waals surface area contributed by atoms with Crippen LogP contribution in [0.15, 0.2) is 42.5 Å². The first-order chi connectivity index (χ1) is 9.65. The lowest BCUT2D eigenvalue weighted by Crippen LogP contribution is -2.06. The highest BCUT2D eigenvalue weighted by Gasteiger charge is 2.17. The zero-order valence-corrected chi connectivity index (χ0v) is 11.1. The van der Waals surface area contributed by atoms with Crippen LogP contribution in [0, 0.1) is 0 Å². The van der Waals surface area contributed by atoms with Crippen molar-refractivity contribution in [1.29, 1.82) is 0 Å². The maximum atomic E-state index is 11.1. The summed E-state index contributed by atoms with van der Waals surface area (Å²) in [6.07, 6.45) is -0.168. The van der Waals surface area contributed by atoms with Crippen LogP contribution >= 0.6 is 11.6 Å². The van der Waals surface area contributed by atoms with E-state index in [1.165, 1.54) is 4.52 Å². The number of imidazole rings is 1. The van der Waals surface area contributed by atoms with Crippen LogP contribution in [0.2, 0.25) is 5.15 Å². The number of rotatable bonds is 3. The van der Waals surface area contributed by atoms with Gasteiger partial charge in [0.25, 0.3) is 0 Å². The minimum atomic E-state index is -0.939. The van der Waals surface area contributed by atoms with E-state index in [1.807, 2.05) is 30.3 Å². The van der Waals surface area contributed by atoms with Gasteiger partial charge in [-0.15, -0.1) is 0 Å². The van der Waals surface area contributed by atoms with Gasteiger partial charge in [-0.05, 0) is 12.1 Å². The topological polar surface area (TPSA) is 67.5 Å². The predicted octanol–water partition coefficient (Wildman–Crippen LogP) is 2.68. The first-order valence-electron chi connectivity index (χ1n) is 5.96. The fourth-order valence-electron chi connectivity index (χ4n) is 2.09. The number of aromatic nitrogens is 3. The molecule has 0 saturated heterocycles. The molecule has 3 aromatic rings. The van der Waals surface area contributed by atoms with Crippen molar-refractivity contribution in [3.8, 4) is 11.3 Å². The second-order valence-electron chi connectivity index (χ2n) is 4.27. The Kier molecular flexibility index (Phi) is 3.12. The number of carboxylic acid groups (broad SMARTS) is 1. The summed E-state index contributed by atoms with van der Waals surface area (Å²) < 4.78 is 1.48. The van der Waals surface area contributed by atoms with Crippen molar-refractivity contribution >= 4 is 23.2 Å². The van der Waals surface area contributed by atoms with E-state index in [1.54, 1.807) is 12.1 Å². The van der Waals surface area contributed by atoms with E-state index in [0.29, 0.717) is 22.2 Å². The van der Waals surface area contributed by atoms with Crippen LogP contribution < -0.4 is 0 Å². The van der Waals surface area contributed by atoms with E-state index in [4.69, 9.17) is 16.7 Å². The fourth-order valence-corrected chi connectivity index (χ4v) is 2.22. The molecule has 20 heavy (non-hydrogen) atoms. The average molecular weight is 288 g/mol. The van der Waals surface area contributed by atoms with Crippen molar-refractivity contribution in [2.24, 2.45) is 0 Å². The molecule has 100 valence electrons. The molecule has 1 aromatic carbocycles. The van der Waals surface area contributed by atoms with Crippen molar-refractivity contribution in [2.45, 2.75) is 6.42 Å². The third-order valence-corrected chi connectivity index (χ3v) is 3.11. The van der Waals surface area contributed by atoms with Gasteiger partial charge < -0.3 is 5.11 Å². The maximum absolute atomic E-state index is 11.1. The number of nitrogens with zero attached hydrogens (tertiary/aromatic N) is 3. The Morgan fingerprint density at radius 1 is 1.20 bits per heavy atom. The van der Waals surface area contributed by atoms with Gasteiger partial charge >= 0.3 is 5.97 Å². The SMILES string of the molecule is O=C(O)Cc1c(-c2ccccc2)nc2ccc(Cl)nn12. The van der Waals surface area contributed by atoms with Crippen LogP contribution in [-0.2, 0) is 11.2 Å². The van der Waals surface area contributed by atoms with E-state index in [-0.39, 0.29) is 6.42 Å². The number of benzene rings is 1. The van der Waals surface area contributed by atoms with Gasteiger partial charge in [-0.25, -0.2) is 9.50 Å². The number of hydrogen-bond donors (Lipinski definition) is 1. The number of aliphatic carboxylic acids is 1. The van der Waals surface area contributed by atoms with Gasteiger partial charge in [0.15, 0.2) is 5.65 Å². The highest BCUT2D eigenvalue weighted by molar-refractivity contribution is 6.29. The first kappa shape index (κ1) is 12.6. The predicted molar refractivity (Wildman–Crippen MR) is 74.8 cm³/mol. The lowest BCUT2D eigenvalue weighted by Gasteiger charge is -2.02. The van der Waals surface area contributed by atoms with Crippen molar-refractivity contribution < 1.29 is 9.90 Å². The molecule has 0 aliphatic rings. The van der Waals surface area contributed by atoms with Crippen molar-refractivity contribution in [3.63, 3.8) is 0 Å². The van der Waals surface area contributed by atoms with Crippen molar-refractivity contribution in [3.05, 3.63) is 53.3 Å². The van der Waals surface area contributed by atoms with Gasteiger partial charge in [0, 0.05) is 5.56 Å². The molecule has 0 unspecified atom stereocenters. The summed E-state index contributed by atoms with van der Waals surface area (Å²) >= 11 is 5.88. The number of halogens is 1. The lowest BCUT2D eigenvalue weighted by molar-refractivity contribution is -0.136. The van der Waals surface area contributed by atoms with E-state index in [2.05, 4.69) is 10.1 Å². The zero-order chi connectivity index (χ0) is 14.1. The van der Waals surface area contributed by atoms with Gasteiger partial charge in [-0.3, -0.25) is 4.79 Å². The normalized spacial score (nSPS) is 10.8. The largest absolute Gasteiger partial charge is 0.481 e. The Balaban J connectivity index is 2.28. The van der Waals surface area contributed by atoms with Gasteiger partial charge in [0.05, 0.1) is 17.8 Å². The number of carbonyl (C=O) groups is 1. The molecule has 0 saturated carbocycles. The first-order valence-corrected chi connectivity index (χ1v) is 6.34. The molecule has 3 rings (SSSR count). The summed E-state index contributed by atoms with van der Waals surface area (Å²) in [7, 11) is 0. The van der Waals surface area contributed by atoms with Gasteiger partial charge in [-0.2, -0.15) is 5.10 Å². The molecule has 6 heteroatoms. The quantitative estimate of drug-likeness (QED) is 0.804. The Morgan fingerprint density at radius 2 is 1.95 bits per heavy atom. The molecule has 2 aromatic heterocycles. The molecule has 0 bridgehead atoms. The summed E-state index contributed by atoms with van der Waals surface area (Å²) in [5.41, 5.74) is 2.55. The fraction of sp³-hybridized carbons (Fsp3) is 0.0714. The van der Waals surface area contributed by atoms with Crippen molar-refractivity contribution in [1.82, 2.24) is 14.6 Å². The standard InChI is InChI=1S/C14H10ClN3O2/c15-11-6-7-12-16-14(9-4-2-1-3-5-9)10(8-13(19)20)18(12)17-11/h1-7H,8H2,(H,19,20). The smallest absolute Gasteiger partial charge is 0.309 e. The molecule has 5 nitrogen and oxygen atoms in total. The van der Waals surface area contributed by atoms with Crippen LogP contribution in [0.1, 0.15) is 5.69 Å². The van der Waals surface area contributed by atoms with Crippen LogP contribution in [0.3, 0.4) is 0 Å². The third kappa shape index (κ3) is 2.23. The van der Waals surface area contributed by atoms with E-state index >= 15 is 0 Å². The monoisotopic (exact) mass is 287 g/mol. The Morgan fingerprint density at radius 3 is 2.65 bits per heavy atom. The Hall–Kier alpha value is -2.40. The van der Waals surface area contributed by atoms with Gasteiger partial charge in [-0.1, -0.05) is 41.9 Å². The highest BCUT2D eigenvalue weighted by Crippen LogP contribution is 2.24. The molecule has 0 amide bonds. The molecule has 1 N–H and O–H groups in total. The lowest BCUT2D eigenvalue weighted by atomic mass is 10.1. The summed E-state index contributed by atoms with van der Waals surface area (Å²) in [6, 6.07) is 12.8. The Bertz CT molecular complexity index is 784. The van der Waals surface area contributed by atoms with Crippen LogP contribution in [0.4, 0.5) is 0 Å². The molecule has 0 radical (unpaired) electrons. The summed E-state index contributed by atoms with van der Waals surface area (Å²) in [6.45, 7) is 0. The number of hydrogen-bond acceptors (Lipinski definition) is 3. The minimum Gasteiger partial charge on any atom is -0.481 e. The molecule has 2 heterocycles. The van der Waals surface area contributed by atoms with E-state index < -0.39 is 5.97 Å². The molecular formula is C14H10ClN3O2. The van der Waals surface area contributed by atoms with E-state index in [0.717, 1.165) is 5.56 Å². The molecular weight excluding hydrogens is 278 g/mol. The highest BCUT2D eigenvalue weighted by atomic mass is 35.5. The molecule has 0 aliphatic carbocycles. The third-order valence-electron chi connectivity index (χ3n) is 2.90. The summed E-state index contributed by atoms with van der Waals surface area (Å²) in [4.78, 5) is 15.5. The molecule has 0 atom stereocenters. The number of carboxylic acids is 1. The van der Waals surface area contributed by atoms with Gasteiger partial charge in [0.2, 0.25) is 0 Å². The Labute approximate surface area is 119 Å². The maximum Gasteiger partial charge on any atom is 0.309 e. The van der Waals surface area contributed by atoms with Crippen LogP contribution in [0.25, 0.3) is 16.9 Å². The van der Waals surface area contributed by atoms with E-state index in [9.17, 15) is 4.79 Å². The molecule has 0 fully saturated rings. The summed E-state index contributed by atoms with van der Waals surface area (Å²) in [5.74, 6) is -0.939. The van der Waals surface area contributed by atoms with Crippen molar-refractivity contribution in [2.75, 3.05) is 0 Å². The van der Waals surface area contributed by atoms with Crippen LogP contribution in [0.5, 0.6) is 0 Å². The molecule has 0 spiro atoms. The van der Waals surface area contributed by atoms with Crippen LogP contribution in [-0.4, -0.2) is 25.7 Å². The molecule has 0 aliphatic heterocycles. The zero-order valence-electron chi connectivity index (χ0n) is 10.3. The second-order valence-corrected chi connectivity index (χ2v) is 4.66. The summed E-state index contributed by atoms with van der Waals surface area (Å²) in [5, 5.41) is 13.5. The minimum absolute atomic E-state index is 0.168.